The minimum atomic E-state index is -0.361. The molecule has 0 aliphatic rings. The van der Waals surface area contributed by atoms with Crippen molar-refractivity contribution in [2.24, 2.45) is 0 Å². The van der Waals surface area contributed by atoms with Gasteiger partial charge in [0.1, 0.15) is 5.75 Å². The van der Waals surface area contributed by atoms with Gasteiger partial charge in [0.25, 0.3) is 0 Å². The molecule has 0 atom stereocenters. The molecular weight excluding hydrogens is 406 g/mol. The molecule has 0 fully saturated rings. The van der Waals surface area contributed by atoms with Crippen LogP contribution in [0, 0.1) is 0 Å². The average Bonchev–Trinajstić information content (AvgIpc) is 2.80. The Labute approximate surface area is 191 Å². The number of esters is 2. The molecule has 0 heterocycles. The van der Waals surface area contributed by atoms with Crippen LogP contribution < -0.4 is 9.64 Å². The zero-order chi connectivity index (χ0) is 23.2. The quantitative estimate of drug-likeness (QED) is 0.302. The van der Waals surface area contributed by atoms with Gasteiger partial charge in [0, 0.05) is 19.8 Å². The number of methoxy groups -OCH3 is 1. The monoisotopic (exact) mass is 441 g/mol. The molecule has 0 amide bonds. The summed E-state index contributed by atoms with van der Waals surface area (Å²) >= 11 is 0. The fraction of sp³-hybridized carbons (Fsp3) is 0.462. The van der Waals surface area contributed by atoms with E-state index in [4.69, 9.17) is 14.2 Å². The van der Waals surface area contributed by atoms with E-state index in [1.54, 1.807) is 18.2 Å². The first-order valence-corrected chi connectivity index (χ1v) is 11.2. The van der Waals surface area contributed by atoms with Crippen LogP contribution in [-0.2, 0) is 20.7 Å². The summed E-state index contributed by atoms with van der Waals surface area (Å²) in [4.78, 5) is 25.5. The molecule has 0 bridgehead atoms. The highest BCUT2D eigenvalue weighted by molar-refractivity contribution is 5.89. The van der Waals surface area contributed by atoms with Crippen molar-refractivity contribution < 1.29 is 23.8 Å². The maximum absolute atomic E-state index is 12.0. The number of ether oxygens (including phenoxy) is 3. The first kappa shape index (κ1) is 25.2. The number of rotatable bonds is 14. The Bertz CT molecular complexity index is 832. The molecule has 2 aromatic carbocycles. The van der Waals surface area contributed by atoms with Crippen LogP contribution in [0.25, 0.3) is 0 Å². The largest absolute Gasteiger partial charge is 0.494 e. The topological polar surface area (TPSA) is 65.1 Å². The van der Waals surface area contributed by atoms with Crippen molar-refractivity contribution in [3.05, 3.63) is 59.7 Å². The lowest BCUT2D eigenvalue weighted by Crippen LogP contribution is -2.10. The van der Waals surface area contributed by atoms with Crippen LogP contribution in [0.1, 0.15) is 54.4 Å². The molecule has 2 rings (SSSR count). The molecule has 6 heteroatoms. The molecule has 32 heavy (non-hydrogen) atoms. The number of unbranched alkanes of at least 4 members (excludes halogenated alkanes) is 5. The van der Waals surface area contributed by atoms with Gasteiger partial charge >= 0.3 is 11.9 Å². The third kappa shape index (κ3) is 9.41. The molecule has 0 unspecified atom stereocenters. The summed E-state index contributed by atoms with van der Waals surface area (Å²) in [6.07, 6.45) is 6.54. The summed E-state index contributed by atoms with van der Waals surface area (Å²) in [6, 6.07) is 15.0. The number of hydrogen-bond donors (Lipinski definition) is 0. The van der Waals surface area contributed by atoms with Crippen molar-refractivity contribution in [2.75, 3.05) is 39.3 Å². The third-order valence-corrected chi connectivity index (χ3v) is 5.13. The van der Waals surface area contributed by atoms with E-state index in [2.05, 4.69) is 0 Å². The Morgan fingerprint density at radius 2 is 1.50 bits per heavy atom. The van der Waals surface area contributed by atoms with E-state index in [1.807, 2.05) is 49.3 Å². The van der Waals surface area contributed by atoms with Crippen LogP contribution in [0.15, 0.2) is 48.5 Å². The lowest BCUT2D eigenvalue weighted by Gasteiger charge is -2.12. The molecule has 174 valence electrons. The molecule has 0 saturated heterocycles. The predicted octanol–water partition coefficient (Wildman–Crippen LogP) is 5.04. The number of carbonyl (C=O) groups is 2. The normalized spacial score (nSPS) is 10.5. The van der Waals surface area contributed by atoms with Crippen molar-refractivity contribution in [3.63, 3.8) is 0 Å². The SMILES string of the molecule is COC(=O)c1cccc(OCCCCCCCCOC(=O)Cc2ccc(N(C)C)cc2)c1. The van der Waals surface area contributed by atoms with E-state index in [9.17, 15) is 9.59 Å². The van der Waals surface area contributed by atoms with E-state index in [1.165, 1.54) is 7.11 Å². The summed E-state index contributed by atoms with van der Waals surface area (Å²) in [6.45, 7) is 1.10. The molecule has 0 aliphatic heterocycles. The highest BCUT2D eigenvalue weighted by Gasteiger charge is 2.07. The molecular formula is C26H35NO5. The summed E-state index contributed by atoms with van der Waals surface area (Å²) < 4.78 is 15.8. The van der Waals surface area contributed by atoms with Crippen molar-refractivity contribution >= 4 is 17.6 Å². The average molecular weight is 442 g/mol. The van der Waals surface area contributed by atoms with Crippen LogP contribution in [0.2, 0.25) is 0 Å². The van der Waals surface area contributed by atoms with Crippen LogP contribution >= 0.6 is 0 Å². The van der Waals surface area contributed by atoms with Crippen molar-refractivity contribution in [1.82, 2.24) is 0 Å². The molecule has 0 N–H and O–H groups in total. The first-order valence-electron chi connectivity index (χ1n) is 11.2. The number of nitrogens with zero attached hydrogens (tertiary/aromatic N) is 1. The van der Waals surface area contributed by atoms with Gasteiger partial charge in [0.2, 0.25) is 0 Å². The predicted molar refractivity (Wildman–Crippen MR) is 126 cm³/mol. The third-order valence-electron chi connectivity index (χ3n) is 5.13. The van der Waals surface area contributed by atoms with Crippen molar-refractivity contribution in [1.29, 1.82) is 0 Å². The number of hydrogen-bond acceptors (Lipinski definition) is 6. The lowest BCUT2D eigenvalue weighted by molar-refractivity contribution is -0.142. The number of carbonyl (C=O) groups excluding carboxylic acids is 2. The Morgan fingerprint density at radius 1 is 0.844 bits per heavy atom. The molecule has 2 aromatic rings. The van der Waals surface area contributed by atoms with Gasteiger partial charge in [-0.25, -0.2) is 4.79 Å². The Kier molecular flexibility index (Phi) is 11.1. The zero-order valence-corrected chi connectivity index (χ0v) is 19.5. The van der Waals surface area contributed by atoms with Crippen molar-refractivity contribution in [3.8, 4) is 5.75 Å². The maximum atomic E-state index is 12.0. The molecule has 0 aliphatic carbocycles. The standard InChI is InChI=1S/C26H35NO5/c1-27(2)23-15-13-21(14-16-23)19-25(28)32-18-9-7-5-4-6-8-17-31-24-12-10-11-22(20-24)26(29)30-3/h10-16,20H,4-9,17-19H2,1-3H3. The van der Waals surface area contributed by atoms with E-state index in [0.29, 0.717) is 30.9 Å². The van der Waals surface area contributed by atoms with E-state index in [-0.39, 0.29) is 11.9 Å². The van der Waals surface area contributed by atoms with Gasteiger partial charge in [-0.3, -0.25) is 4.79 Å². The summed E-state index contributed by atoms with van der Waals surface area (Å²) in [5.41, 5.74) is 2.58. The van der Waals surface area contributed by atoms with Crippen LogP contribution in [0.4, 0.5) is 5.69 Å². The lowest BCUT2D eigenvalue weighted by atomic mass is 10.1. The Morgan fingerprint density at radius 3 is 2.16 bits per heavy atom. The number of benzene rings is 2. The van der Waals surface area contributed by atoms with Gasteiger partial charge < -0.3 is 19.1 Å². The molecule has 0 aromatic heterocycles. The fourth-order valence-electron chi connectivity index (χ4n) is 3.25. The number of anilines is 1. The molecule has 0 saturated carbocycles. The van der Waals surface area contributed by atoms with E-state index in [0.717, 1.165) is 49.8 Å². The minimum Gasteiger partial charge on any atom is -0.494 e. The maximum Gasteiger partial charge on any atom is 0.337 e. The molecule has 6 nitrogen and oxygen atoms in total. The smallest absolute Gasteiger partial charge is 0.337 e. The van der Waals surface area contributed by atoms with Gasteiger partial charge in [-0.05, 0) is 48.7 Å². The van der Waals surface area contributed by atoms with Gasteiger partial charge in [-0.2, -0.15) is 0 Å². The molecule has 0 spiro atoms. The summed E-state index contributed by atoms with van der Waals surface area (Å²) in [5, 5.41) is 0. The minimum absolute atomic E-state index is 0.170. The molecule has 0 radical (unpaired) electrons. The van der Waals surface area contributed by atoms with Crippen molar-refractivity contribution in [2.45, 2.75) is 44.9 Å². The summed E-state index contributed by atoms with van der Waals surface area (Å²) in [5.74, 6) is 0.152. The summed E-state index contributed by atoms with van der Waals surface area (Å²) in [7, 11) is 5.35. The first-order chi connectivity index (χ1) is 15.5. The van der Waals surface area contributed by atoms with E-state index >= 15 is 0 Å². The second-order valence-electron chi connectivity index (χ2n) is 7.95. The second-order valence-corrected chi connectivity index (χ2v) is 7.95. The highest BCUT2D eigenvalue weighted by atomic mass is 16.5. The van der Waals surface area contributed by atoms with Gasteiger partial charge in [-0.15, -0.1) is 0 Å². The van der Waals surface area contributed by atoms with Crippen LogP contribution in [0.3, 0.4) is 0 Å². The Balaban J connectivity index is 1.47. The van der Waals surface area contributed by atoms with Gasteiger partial charge in [0.15, 0.2) is 0 Å². The fourth-order valence-corrected chi connectivity index (χ4v) is 3.25. The second kappa shape index (κ2) is 14.1. The van der Waals surface area contributed by atoms with Crippen LogP contribution in [0.5, 0.6) is 5.75 Å². The van der Waals surface area contributed by atoms with E-state index < -0.39 is 0 Å². The Hall–Kier alpha value is -3.02. The zero-order valence-electron chi connectivity index (χ0n) is 19.5. The van der Waals surface area contributed by atoms with Crippen LogP contribution in [-0.4, -0.2) is 46.4 Å². The highest BCUT2D eigenvalue weighted by Crippen LogP contribution is 2.15. The van der Waals surface area contributed by atoms with Gasteiger partial charge in [0.05, 0.1) is 32.3 Å². The van der Waals surface area contributed by atoms with Gasteiger partial charge in [-0.1, -0.05) is 43.9 Å².